The van der Waals surface area contributed by atoms with E-state index < -0.39 is 9.84 Å². The van der Waals surface area contributed by atoms with Crippen molar-refractivity contribution in [2.24, 2.45) is 0 Å². The minimum atomic E-state index is -2.80. The first-order valence-electron chi connectivity index (χ1n) is 4.45. The fraction of sp³-hybridized carbons (Fsp3) is 1.00. The molecule has 0 aliphatic heterocycles. The van der Waals surface area contributed by atoms with E-state index in [-0.39, 0.29) is 5.75 Å². The van der Waals surface area contributed by atoms with Gasteiger partial charge in [0.05, 0.1) is 5.75 Å². The van der Waals surface area contributed by atoms with E-state index in [1.165, 1.54) is 6.26 Å². The van der Waals surface area contributed by atoms with Crippen LogP contribution in [0.2, 0.25) is 0 Å². The standard InChI is InChI=1S/C8H20N2O2S/c1-10(2)7-4-5-9-6-8-13(3,11)12/h9H,4-8H2,1-3H3. The van der Waals surface area contributed by atoms with Crippen LogP contribution in [-0.2, 0) is 9.84 Å². The van der Waals surface area contributed by atoms with Gasteiger partial charge in [0.2, 0.25) is 0 Å². The summed E-state index contributed by atoms with van der Waals surface area (Å²) in [4.78, 5) is 2.11. The van der Waals surface area contributed by atoms with Gasteiger partial charge in [0, 0.05) is 12.8 Å². The first-order valence-corrected chi connectivity index (χ1v) is 6.51. The van der Waals surface area contributed by atoms with Crippen LogP contribution >= 0.6 is 0 Å². The second-order valence-electron chi connectivity index (χ2n) is 3.54. The zero-order chi connectivity index (χ0) is 10.3. The molecule has 0 heterocycles. The molecule has 0 rings (SSSR count). The monoisotopic (exact) mass is 208 g/mol. The highest BCUT2D eigenvalue weighted by Gasteiger charge is 1.99. The van der Waals surface area contributed by atoms with Crippen molar-refractivity contribution in [3.63, 3.8) is 0 Å². The van der Waals surface area contributed by atoms with Gasteiger partial charge >= 0.3 is 0 Å². The summed E-state index contributed by atoms with van der Waals surface area (Å²) in [5.41, 5.74) is 0. The van der Waals surface area contributed by atoms with Crippen LogP contribution in [0, 0.1) is 0 Å². The summed E-state index contributed by atoms with van der Waals surface area (Å²) in [6.45, 7) is 2.48. The van der Waals surface area contributed by atoms with E-state index in [1.54, 1.807) is 0 Å². The van der Waals surface area contributed by atoms with Gasteiger partial charge in [-0.05, 0) is 33.6 Å². The van der Waals surface area contributed by atoms with Gasteiger partial charge in [0.1, 0.15) is 9.84 Å². The summed E-state index contributed by atoms with van der Waals surface area (Å²) in [5.74, 6) is 0.231. The van der Waals surface area contributed by atoms with Gasteiger partial charge in [0.15, 0.2) is 0 Å². The molecule has 0 aliphatic carbocycles. The van der Waals surface area contributed by atoms with Gasteiger partial charge in [-0.15, -0.1) is 0 Å². The molecule has 0 amide bonds. The molecule has 1 N–H and O–H groups in total. The third-order valence-electron chi connectivity index (χ3n) is 1.61. The van der Waals surface area contributed by atoms with Crippen LogP contribution in [0.4, 0.5) is 0 Å². The Morgan fingerprint density at radius 3 is 2.31 bits per heavy atom. The molecule has 0 atom stereocenters. The molecule has 0 aliphatic rings. The van der Waals surface area contributed by atoms with E-state index in [1.807, 2.05) is 14.1 Å². The second kappa shape index (κ2) is 6.34. The molecule has 0 bridgehead atoms. The number of nitrogens with one attached hydrogen (secondary N) is 1. The quantitative estimate of drug-likeness (QED) is 0.577. The average molecular weight is 208 g/mol. The van der Waals surface area contributed by atoms with Gasteiger partial charge in [0.25, 0.3) is 0 Å². The Labute approximate surface area is 81.2 Å². The third kappa shape index (κ3) is 11.9. The van der Waals surface area contributed by atoms with E-state index in [2.05, 4.69) is 10.2 Å². The Morgan fingerprint density at radius 1 is 1.23 bits per heavy atom. The van der Waals surface area contributed by atoms with Crippen molar-refractivity contribution in [2.75, 3.05) is 45.7 Å². The summed E-state index contributed by atoms with van der Waals surface area (Å²) in [5, 5.41) is 3.09. The zero-order valence-corrected chi connectivity index (χ0v) is 9.52. The van der Waals surface area contributed by atoms with E-state index in [9.17, 15) is 8.42 Å². The van der Waals surface area contributed by atoms with Crippen molar-refractivity contribution in [2.45, 2.75) is 6.42 Å². The van der Waals surface area contributed by atoms with Crippen LogP contribution in [0.3, 0.4) is 0 Å². The maximum absolute atomic E-state index is 10.7. The lowest BCUT2D eigenvalue weighted by Gasteiger charge is -2.09. The van der Waals surface area contributed by atoms with E-state index in [0.29, 0.717) is 6.54 Å². The van der Waals surface area contributed by atoms with Gasteiger partial charge in [-0.3, -0.25) is 0 Å². The number of nitrogens with zero attached hydrogens (tertiary/aromatic N) is 1. The third-order valence-corrected chi connectivity index (χ3v) is 2.55. The van der Waals surface area contributed by atoms with E-state index in [4.69, 9.17) is 0 Å². The van der Waals surface area contributed by atoms with Gasteiger partial charge in [-0.25, -0.2) is 8.42 Å². The summed E-state index contributed by atoms with van der Waals surface area (Å²) >= 11 is 0. The van der Waals surface area contributed by atoms with Crippen molar-refractivity contribution >= 4 is 9.84 Å². The highest BCUT2D eigenvalue weighted by molar-refractivity contribution is 7.90. The van der Waals surface area contributed by atoms with Crippen LogP contribution in [0.25, 0.3) is 0 Å². The van der Waals surface area contributed by atoms with Gasteiger partial charge < -0.3 is 10.2 Å². The average Bonchev–Trinajstić information content (AvgIpc) is 1.93. The number of sulfone groups is 1. The minimum Gasteiger partial charge on any atom is -0.316 e. The first-order chi connectivity index (χ1) is 5.92. The molecule has 0 saturated carbocycles. The lowest BCUT2D eigenvalue weighted by Crippen LogP contribution is -2.25. The Balaban J connectivity index is 3.18. The normalized spacial score (nSPS) is 12.3. The largest absolute Gasteiger partial charge is 0.316 e. The Morgan fingerprint density at radius 2 is 1.85 bits per heavy atom. The molecule has 0 aromatic carbocycles. The highest BCUT2D eigenvalue weighted by atomic mass is 32.2. The topological polar surface area (TPSA) is 49.4 Å². The van der Waals surface area contributed by atoms with E-state index >= 15 is 0 Å². The summed E-state index contributed by atoms with van der Waals surface area (Å²) in [7, 11) is 1.25. The maximum Gasteiger partial charge on any atom is 0.148 e. The molecule has 0 unspecified atom stereocenters. The molecule has 0 spiro atoms. The van der Waals surface area contributed by atoms with Crippen molar-refractivity contribution in [3.05, 3.63) is 0 Å². The summed E-state index contributed by atoms with van der Waals surface area (Å²) < 4.78 is 21.4. The predicted octanol–water partition coefficient (Wildman–Crippen LogP) is -0.428. The zero-order valence-electron chi connectivity index (χ0n) is 8.71. The van der Waals surface area contributed by atoms with Crippen molar-refractivity contribution in [3.8, 4) is 0 Å². The maximum atomic E-state index is 10.7. The van der Waals surface area contributed by atoms with Crippen LogP contribution in [0.1, 0.15) is 6.42 Å². The number of rotatable bonds is 7. The molecule has 0 aromatic rings. The second-order valence-corrected chi connectivity index (χ2v) is 5.80. The summed E-state index contributed by atoms with van der Waals surface area (Å²) in [6, 6.07) is 0. The van der Waals surface area contributed by atoms with Crippen LogP contribution in [0.5, 0.6) is 0 Å². The molecule has 0 fully saturated rings. The molecule has 5 heteroatoms. The Hall–Kier alpha value is -0.130. The highest BCUT2D eigenvalue weighted by Crippen LogP contribution is 1.82. The molecule has 0 aromatic heterocycles. The lowest BCUT2D eigenvalue weighted by atomic mass is 10.4. The smallest absolute Gasteiger partial charge is 0.148 e. The molecular formula is C8H20N2O2S. The minimum absolute atomic E-state index is 0.231. The summed E-state index contributed by atoms with van der Waals surface area (Å²) in [6.07, 6.45) is 2.31. The van der Waals surface area contributed by atoms with E-state index in [0.717, 1.165) is 19.5 Å². The molecule has 0 saturated heterocycles. The first kappa shape index (κ1) is 12.9. The van der Waals surface area contributed by atoms with Gasteiger partial charge in [-0.2, -0.15) is 0 Å². The molecule has 0 radical (unpaired) electrons. The molecule has 80 valence electrons. The van der Waals surface area contributed by atoms with Crippen molar-refractivity contribution in [1.29, 1.82) is 0 Å². The lowest BCUT2D eigenvalue weighted by molar-refractivity contribution is 0.395. The fourth-order valence-electron chi connectivity index (χ4n) is 0.903. The Bertz CT molecular complexity index is 212. The van der Waals surface area contributed by atoms with Gasteiger partial charge in [-0.1, -0.05) is 0 Å². The number of hydrogen-bond donors (Lipinski definition) is 1. The Kier molecular flexibility index (Phi) is 6.28. The SMILES string of the molecule is CN(C)CCCNCCS(C)(=O)=O. The van der Waals surface area contributed by atoms with Crippen molar-refractivity contribution in [1.82, 2.24) is 10.2 Å². The van der Waals surface area contributed by atoms with Crippen molar-refractivity contribution < 1.29 is 8.42 Å². The molecular weight excluding hydrogens is 188 g/mol. The van der Waals surface area contributed by atoms with Crippen LogP contribution in [-0.4, -0.2) is 59.1 Å². The predicted molar refractivity (Wildman–Crippen MR) is 55.8 cm³/mol. The van der Waals surface area contributed by atoms with Crippen LogP contribution < -0.4 is 5.32 Å². The fourth-order valence-corrected chi connectivity index (χ4v) is 1.42. The molecule has 13 heavy (non-hydrogen) atoms. The molecule has 4 nitrogen and oxygen atoms in total. The number of hydrogen-bond acceptors (Lipinski definition) is 4. The van der Waals surface area contributed by atoms with Crippen LogP contribution in [0.15, 0.2) is 0 Å².